The highest BCUT2D eigenvalue weighted by Gasteiger charge is 2.13. The first-order valence-corrected chi connectivity index (χ1v) is 6.51. The highest BCUT2D eigenvalue weighted by Crippen LogP contribution is 2.16. The summed E-state index contributed by atoms with van der Waals surface area (Å²) in [6.07, 6.45) is 0.325. The highest BCUT2D eigenvalue weighted by atomic mass is 16.7. The summed E-state index contributed by atoms with van der Waals surface area (Å²) in [5.41, 5.74) is 1.45. The maximum Gasteiger partial charge on any atom is 0.356 e. The Kier molecular flexibility index (Phi) is 4.72. The average Bonchev–Trinajstić information content (AvgIpc) is 2.54. The van der Waals surface area contributed by atoms with Crippen LogP contribution in [0.1, 0.15) is 42.2 Å². The Morgan fingerprint density at radius 3 is 1.91 bits per heavy atom. The number of carboxylic acids is 2. The minimum Gasteiger partial charge on any atom is -0.478 e. The molecule has 0 unspecified atom stereocenters. The van der Waals surface area contributed by atoms with Gasteiger partial charge in [0.15, 0.2) is 0 Å². The zero-order valence-electron chi connectivity index (χ0n) is 11.9. The summed E-state index contributed by atoms with van der Waals surface area (Å²) in [4.78, 5) is 37.6. The fraction of sp³-hybridized carbons (Fsp3) is 0.0625. The first kappa shape index (κ1) is 16.2. The van der Waals surface area contributed by atoms with Gasteiger partial charge in [-0.1, -0.05) is 12.1 Å². The molecule has 0 saturated heterocycles. The van der Waals surface area contributed by atoms with Crippen molar-refractivity contribution < 1.29 is 29.4 Å². The Labute approximate surface area is 130 Å². The summed E-state index contributed by atoms with van der Waals surface area (Å²) < 4.78 is 0. The van der Waals surface area contributed by atoms with Crippen molar-refractivity contribution in [3.05, 3.63) is 70.3 Å². The van der Waals surface area contributed by atoms with Crippen LogP contribution >= 0.6 is 0 Å². The molecule has 0 bridgehead atoms. The molecule has 0 radical (unpaired) electrons. The predicted octanol–water partition coefficient (Wildman–Crippen LogP) is 1.70. The summed E-state index contributed by atoms with van der Waals surface area (Å²) in [6, 6.07) is 10.2. The van der Waals surface area contributed by atoms with Gasteiger partial charge < -0.3 is 15.1 Å². The van der Waals surface area contributed by atoms with Crippen molar-refractivity contribution >= 4 is 17.9 Å². The number of aromatic carboxylic acids is 2. The molecule has 0 aliphatic heterocycles. The van der Waals surface area contributed by atoms with E-state index in [0.29, 0.717) is 12.0 Å². The third-order valence-electron chi connectivity index (χ3n) is 3.19. The van der Waals surface area contributed by atoms with Gasteiger partial charge in [0.05, 0.1) is 16.7 Å². The maximum absolute atomic E-state index is 11.5. The van der Waals surface area contributed by atoms with Crippen LogP contribution in [-0.2, 0) is 11.3 Å². The summed E-state index contributed by atoms with van der Waals surface area (Å²) in [7, 11) is 0. The van der Waals surface area contributed by atoms with Crippen LogP contribution in [0, 0.1) is 0 Å². The molecule has 23 heavy (non-hydrogen) atoms. The Bertz CT molecular complexity index is 767. The van der Waals surface area contributed by atoms with Gasteiger partial charge in [0.2, 0.25) is 0 Å². The molecule has 0 fully saturated rings. The minimum atomic E-state index is -1.18. The fourth-order valence-electron chi connectivity index (χ4n) is 2.10. The Morgan fingerprint density at radius 1 is 0.826 bits per heavy atom. The molecule has 0 heterocycles. The van der Waals surface area contributed by atoms with E-state index in [-0.39, 0.29) is 16.7 Å². The molecule has 118 valence electrons. The van der Waals surface area contributed by atoms with Gasteiger partial charge >= 0.3 is 17.9 Å². The molecule has 4 N–H and O–H groups in total. The Morgan fingerprint density at radius 2 is 1.39 bits per heavy atom. The second-order valence-electron chi connectivity index (χ2n) is 4.81. The van der Waals surface area contributed by atoms with Crippen LogP contribution in [-0.4, -0.2) is 28.1 Å². The average molecular weight is 315 g/mol. The molecule has 0 amide bonds. The number of hydrogen-bond donors (Lipinski definition) is 3. The molecule has 7 heteroatoms. The number of benzene rings is 2. The zero-order valence-corrected chi connectivity index (χ0v) is 11.9. The van der Waals surface area contributed by atoms with E-state index in [0.717, 1.165) is 5.56 Å². The van der Waals surface area contributed by atoms with Crippen LogP contribution in [0.4, 0.5) is 0 Å². The van der Waals surface area contributed by atoms with Crippen molar-refractivity contribution in [1.29, 1.82) is 0 Å². The number of carbonyl (C=O) groups is 3. The van der Waals surface area contributed by atoms with Gasteiger partial charge in [-0.2, -0.15) is 5.90 Å². The largest absolute Gasteiger partial charge is 0.478 e. The number of rotatable bonds is 5. The van der Waals surface area contributed by atoms with Crippen molar-refractivity contribution in [3.8, 4) is 0 Å². The molecule has 0 spiro atoms. The molecular weight excluding hydrogens is 302 g/mol. The van der Waals surface area contributed by atoms with Crippen LogP contribution in [0.2, 0.25) is 0 Å². The first-order valence-electron chi connectivity index (χ1n) is 6.51. The van der Waals surface area contributed by atoms with Crippen molar-refractivity contribution in [3.63, 3.8) is 0 Å². The molecule has 0 aliphatic rings. The van der Waals surface area contributed by atoms with Crippen molar-refractivity contribution in [2.75, 3.05) is 0 Å². The van der Waals surface area contributed by atoms with Gasteiger partial charge in [0.1, 0.15) is 0 Å². The Hall–Kier alpha value is -3.19. The molecule has 2 rings (SSSR count). The van der Waals surface area contributed by atoms with E-state index < -0.39 is 17.9 Å². The van der Waals surface area contributed by atoms with E-state index in [2.05, 4.69) is 4.84 Å². The van der Waals surface area contributed by atoms with E-state index >= 15 is 0 Å². The van der Waals surface area contributed by atoms with Crippen LogP contribution in [0.25, 0.3) is 0 Å². The van der Waals surface area contributed by atoms with E-state index in [1.54, 1.807) is 12.1 Å². The topological polar surface area (TPSA) is 127 Å². The van der Waals surface area contributed by atoms with Gasteiger partial charge in [0.25, 0.3) is 0 Å². The van der Waals surface area contributed by atoms with E-state index in [1.807, 2.05) is 0 Å². The number of carbonyl (C=O) groups excluding carboxylic acids is 1. The van der Waals surface area contributed by atoms with Gasteiger partial charge in [-0.15, -0.1) is 0 Å². The Balaban J connectivity index is 2.34. The van der Waals surface area contributed by atoms with Gasteiger partial charge in [0, 0.05) is 0 Å². The lowest BCUT2D eigenvalue weighted by atomic mass is 9.99. The van der Waals surface area contributed by atoms with Crippen LogP contribution in [0.3, 0.4) is 0 Å². The molecular formula is C16H13NO6. The summed E-state index contributed by atoms with van der Waals surface area (Å²) in [6.45, 7) is 0. The smallest absolute Gasteiger partial charge is 0.356 e. The minimum absolute atomic E-state index is 0.0320. The standard InChI is InChI=1S/C16H13NO6/c17-23-16(22)13-7-10(6-12(8-13)15(20)21)5-9-1-3-11(4-2-9)14(18)19/h1-4,6-8H,5,17H2,(H,18,19)(H,20,21). The van der Waals surface area contributed by atoms with E-state index in [1.165, 1.54) is 30.3 Å². The van der Waals surface area contributed by atoms with Crippen LogP contribution in [0.15, 0.2) is 42.5 Å². The molecule has 0 atom stereocenters. The second-order valence-corrected chi connectivity index (χ2v) is 4.81. The predicted molar refractivity (Wildman–Crippen MR) is 79.2 cm³/mol. The lowest BCUT2D eigenvalue weighted by molar-refractivity contribution is 0.0503. The quantitative estimate of drug-likeness (QED) is 0.716. The third kappa shape index (κ3) is 3.92. The molecule has 7 nitrogen and oxygen atoms in total. The van der Waals surface area contributed by atoms with Crippen molar-refractivity contribution in [2.45, 2.75) is 6.42 Å². The summed E-state index contributed by atoms with van der Waals surface area (Å²) >= 11 is 0. The van der Waals surface area contributed by atoms with Crippen LogP contribution in [0.5, 0.6) is 0 Å². The van der Waals surface area contributed by atoms with Gasteiger partial charge in [-0.3, -0.25) is 0 Å². The summed E-state index contributed by atoms with van der Waals surface area (Å²) in [5, 5.41) is 18.0. The number of hydrogen-bond acceptors (Lipinski definition) is 5. The van der Waals surface area contributed by atoms with Crippen molar-refractivity contribution in [2.24, 2.45) is 5.90 Å². The number of carboxylic acid groups (broad SMARTS) is 2. The monoisotopic (exact) mass is 315 g/mol. The maximum atomic E-state index is 11.5. The zero-order chi connectivity index (χ0) is 17.0. The normalized spacial score (nSPS) is 10.1. The third-order valence-corrected chi connectivity index (χ3v) is 3.19. The van der Waals surface area contributed by atoms with Gasteiger partial charge in [-0.05, 0) is 47.9 Å². The second kappa shape index (κ2) is 6.71. The van der Waals surface area contributed by atoms with Gasteiger partial charge in [-0.25, -0.2) is 14.4 Å². The SMILES string of the molecule is NOC(=O)c1cc(Cc2ccc(C(=O)O)cc2)cc(C(=O)O)c1. The highest BCUT2D eigenvalue weighted by molar-refractivity contribution is 5.94. The lowest BCUT2D eigenvalue weighted by Gasteiger charge is -2.07. The van der Waals surface area contributed by atoms with Crippen molar-refractivity contribution in [1.82, 2.24) is 0 Å². The summed E-state index contributed by atoms with van der Waals surface area (Å²) in [5.74, 6) is 1.78. The molecule has 2 aromatic rings. The van der Waals surface area contributed by atoms with E-state index in [4.69, 9.17) is 16.1 Å². The molecule has 0 aromatic heterocycles. The first-order chi connectivity index (χ1) is 10.9. The van der Waals surface area contributed by atoms with E-state index in [9.17, 15) is 14.4 Å². The molecule has 0 aliphatic carbocycles. The molecule has 2 aromatic carbocycles. The van der Waals surface area contributed by atoms with Crippen LogP contribution < -0.4 is 5.90 Å². The lowest BCUT2D eigenvalue weighted by Crippen LogP contribution is -2.12. The molecule has 0 saturated carbocycles. The fourth-order valence-corrected chi connectivity index (χ4v) is 2.10. The number of nitrogens with two attached hydrogens (primary N) is 1.